The quantitative estimate of drug-likeness (QED) is 0.307. The summed E-state index contributed by atoms with van der Waals surface area (Å²) < 4.78 is 34.5. The number of anilines is 2. The zero-order valence-electron chi connectivity index (χ0n) is 17.1. The van der Waals surface area contributed by atoms with E-state index in [1.165, 1.54) is 27.4 Å². The Morgan fingerprint density at radius 3 is 2.78 bits per heavy atom. The van der Waals surface area contributed by atoms with Crippen molar-refractivity contribution in [1.29, 1.82) is 0 Å². The largest absolute Gasteiger partial charge is 0.476 e. The highest BCUT2D eigenvalue weighted by Gasteiger charge is 2.37. The Bertz CT molecular complexity index is 1240. The number of fused-ring (bicyclic) bond motifs is 1. The summed E-state index contributed by atoms with van der Waals surface area (Å²) in [5.74, 6) is 0.491. The van der Waals surface area contributed by atoms with Crippen LogP contribution < -0.4 is 14.4 Å². The van der Waals surface area contributed by atoms with Gasteiger partial charge in [-0.2, -0.15) is 0 Å². The van der Waals surface area contributed by atoms with Gasteiger partial charge in [-0.15, -0.1) is 16.8 Å². The molecule has 0 saturated carbocycles. The van der Waals surface area contributed by atoms with E-state index in [1.807, 2.05) is 6.92 Å². The number of nitrogens with one attached hydrogen (secondary N) is 1. The van der Waals surface area contributed by atoms with Gasteiger partial charge in [0.05, 0.1) is 17.1 Å². The summed E-state index contributed by atoms with van der Waals surface area (Å²) >= 11 is 2.68. The molecule has 166 valence electrons. The van der Waals surface area contributed by atoms with Gasteiger partial charge in [0.25, 0.3) is 15.9 Å². The van der Waals surface area contributed by atoms with Crippen LogP contribution in [0.1, 0.15) is 5.56 Å². The molecule has 0 spiro atoms. The maximum absolute atomic E-state index is 13.4. The number of hydrogen-bond acceptors (Lipinski definition) is 8. The molecule has 32 heavy (non-hydrogen) atoms. The van der Waals surface area contributed by atoms with Gasteiger partial charge < -0.3 is 4.74 Å². The molecule has 2 heterocycles. The number of amides is 1. The summed E-state index contributed by atoms with van der Waals surface area (Å²) in [6.07, 6.45) is 0.694. The number of thioether (sulfide) groups is 1. The molecule has 1 aliphatic heterocycles. The maximum Gasteiger partial charge on any atom is 0.269 e. The first-order valence-corrected chi connectivity index (χ1v) is 12.9. The molecular weight excluding hydrogens is 468 g/mol. The molecule has 0 bridgehead atoms. The van der Waals surface area contributed by atoms with Crippen LogP contribution >= 0.6 is 23.1 Å². The van der Waals surface area contributed by atoms with Crippen LogP contribution in [0.15, 0.2) is 70.4 Å². The van der Waals surface area contributed by atoms with Crippen LogP contribution in [0, 0.1) is 6.92 Å². The van der Waals surface area contributed by atoms with Crippen LogP contribution in [-0.2, 0) is 14.8 Å². The first kappa shape index (κ1) is 22.3. The lowest BCUT2D eigenvalue weighted by Crippen LogP contribution is -2.48. The van der Waals surface area contributed by atoms with E-state index in [1.54, 1.807) is 54.6 Å². The number of carbonyl (C=O) groups excluding carboxylic acids is 1. The van der Waals surface area contributed by atoms with Gasteiger partial charge in [-0.1, -0.05) is 59.0 Å². The molecule has 0 unspecified atom stereocenters. The fourth-order valence-corrected chi connectivity index (χ4v) is 6.03. The summed E-state index contributed by atoms with van der Waals surface area (Å²) in [6.45, 7) is 5.37. The number of aryl methyl sites for hydroxylation is 1. The molecule has 1 N–H and O–H groups in total. The van der Waals surface area contributed by atoms with Crippen LogP contribution in [0.5, 0.6) is 5.75 Å². The SMILES string of the molecule is C=CCSc1nnc(NC(=O)[C@H]2CN(S(=O)(=O)c3ccc(C)cc3)c3ccccc3O2)s1. The first-order chi connectivity index (χ1) is 15.4. The number of sulfonamides is 1. The summed E-state index contributed by atoms with van der Waals surface area (Å²) in [4.78, 5) is 13.1. The standard InChI is InChI=1S/C21H20N4O4S3/c1-3-12-30-21-24-23-20(31-21)22-19(26)18-13-25(16-6-4-5-7-17(16)29-18)32(27,28)15-10-8-14(2)9-11-15/h3-11,18H,1,12-13H2,2H3,(H,22,23,26)/t18-/m1/s1. The van der Waals surface area contributed by atoms with Crippen molar-refractivity contribution in [2.75, 3.05) is 21.9 Å². The van der Waals surface area contributed by atoms with Gasteiger partial charge in [0.2, 0.25) is 5.13 Å². The Hall–Kier alpha value is -2.89. The molecule has 2 aromatic carbocycles. The van der Waals surface area contributed by atoms with Crippen molar-refractivity contribution in [3.05, 3.63) is 66.7 Å². The Labute approximate surface area is 194 Å². The number of hydrogen-bond donors (Lipinski definition) is 1. The minimum Gasteiger partial charge on any atom is -0.476 e. The van der Waals surface area contributed by atoms with E-state index in [4.69, 9.17) is 4.74 Å². The lowest BCUT2D eigenvalue weighted by Gasteiger charge is -2.34. The molecule has 4 rings (SSSR count). The number of ether oxygens (including phenoxy) is 1. The highest BCUT2D eigenvalue weighted by molar-refractivity contribution is 8.01. The molecule has 1 aromatic heterocycles. The lowest BCUT2D eigenvalue weighted by molar-refractivity contribution is -0.122. The van der Waals surface area contributed by atoms with Gasteiger partial charge in [0.15, 0.2) is 10.4 Å². The number of benzene rings is 2. The molecule has 1 atom stereocenters. The number of rotatable bonds is 7. The fraction of sp³-hybridized carbons (Fsp3) is 0.190. The summed E-state index contributed by atoms with van der Waals surface area (Å²) in [7, 11) is -3.90. The van der Waals surface area contributed by atoms with Gasteiger partial charge in [-0.3, -0.25) is 14.4 Å². The monoisotopic (exact) mass is 488 g/mol. The van der Waals surface area contributed by atoms with Gasteiger partial charge >= 0.3 is 0 Å². The number of aromatic nitrogens is 2. The van der Waals surface area contributed by atoms with E-state index in [9.17, 15) is 13.2 Å². The van der Waals surface area contributed by atoms with Gasteiger partial charge in [-0.05, 0) is 31.2 Å². The van der Waals surface area contributed by atoms with Crippen LogP contribution in [0.4, 0.5) is 10.8 Å². The molecule has 8 nitrogen and oxygen atoms in total. The van der Waals surface area contributed by atoms with Gasteiger partial charge in [-0.25, -0.2) is 8.42 Å². The zero-order chi connectivity index (χ0) is 22.7. The number of nitrogens with zero attached hydrogens (tertiary/aromatic N) is 3. The van der Waals surface area contributed by atoms with E-state index in [2.05, 4.69) is 22.1 Å². The van der Waals surface area contributed by atoms with Gasteiger partial charge in [0, 0.05) is 5.75 Å². The Balaban J connectivity index is 1.59. The first-order valence-electron chi connectivity index (χ1n) is 9.61. The smallest absolute Gasteiger partial charge is 0.269 e. The topological polar surface area (TPSA) is 101 Å². The Morgan fingerprint density at radius 2 is 2.03 bits per heavy atom. The van der Waals surface area contributed by atoms with E-state index in [-0.39, 0.29) is 11.4 Å². The molecule has 1 aliphatic rings. The average molecular weight is 489 g/mol. The number of para-hydroxylation sites is 2. The average Bonchev–Trinajstić information content (AvgIpc) is 3.24. The fourth-order valence-electron chi connectivity index (χ4n) is 3.04. The second-order valence-electron chi connectivity index (χ2n) is 6.89. The predicted molar refractivity (Wildman–Crippen MR) is 126 cm³/mol. The number of carbonyl (C=O) groups is 1. The van der Waals surface area contributed by atoms with E-state index >= 15 is 0 Å². The van der Waals surface area contributed by atoms with Crippen molar-refractivity contribution in [3.63, 3.8) is 0 Å². The van der Waals surface area contributed by atoms with Crippen LogP contribution in [0.25, 0.3) is 0 Å². The zero-order valence-corrected chi connectivity index (χ0v) is 19.5. The highest BCUT2D eigenvalue weighted by Crippen LogP contribution is 2.37. The Kier molecular flexibility index (Phi) is 6.49. The van der Waals surface area contributed by atoms with Crippen LogP contribution in [0.3, 0.4) is 0 Å². The molecule has 0 aliphatic carbocycles. The van der Waals surface area contributed by atoms with Crippen molar-refractivity contribution < 1.29 is 17.9 Å². The minimum absolute atomic E-state index is 0.145. The molecule has 3 aromatic rings. The third-order valence-corrected chi connectivity index (χ3v) is 8.36. The third kappa shape index (κ3) is 4.64. The van der Waals surface area contributed by atoms with E-state index in [0.717, 1.165) is 5.56 Å². The second kappa shape index (κ2) is 9.31. The van der Waals surface area contributed by atoms with Crippen molar-refractivity contribution in [3.8, 4) is 5.75 Å². The lowest BCUT2D eigenvalue weighted by atomic mass is 10.2. The van der Waals surface area contributed by atoms with Crippen LogP contribution in [0.2, 0.25) is 0 Å². The summed E-state index contributed by atoms with van der Waals surface area (Å²) in [6, 6.07) is 13.3. The summed E-state index contributed by atoms with van der Waals surface area (Å²) in [5.41, 5.74) is 1.34. The van der Waals surface area contributed by atoms with Crippen molar-refractivity contribution in [1.82, 2.24) is 10.2 Å². The summed E-state index contributed by atoms with van der Waals surface area (Å²) in [5, 5.41) is 11.0. The van der Waals surface area contributed by atoms with E-state index in [0.29, 0.717) is 26.7 Å². The minimum atomic E-state index is -3.90. The molecule has 11 heteroatoms. The third-order valence-electron chi connectivity index (χ3n) is 4.60. The molecule has 1 amide bonds. The van der Waals surface area contributed by atoms with Crippen molar-refractivity contribution >= 4 is 49.8 Å². The van der Waals surface area contributed by atoms with Crippen molar-refractivity contribution in [2.24, 2.45) is 0 Å². The molecular formula is C21H20N4O4S3. The maximum atomic E-state index is 13.4. The normalized spacial score (nSPS) is 15.5. The predicted octanol–water partition coefficient (Wildman–Crippen LogP) is 3.72. The Morgan fingerprint density at radius 1 is 1.28 bits per heavy atom. The molecule has 0 fully saturated rings. The van der Waals surface area contributed by atoms with Gasteiger partial charge in [0.1, 0.15) is 5.75 Å². The molecule has 0 radical (unpaired) electrons. The molecule has 0 saturated heterocycles. The second-order valence-corrected chi connectivity index (χ2v) is 11.0. The highest BCUT2D eigenvalue weighted by atomic mass is 32.2. The van der Waals surface area contributed by atoms with Crippen molar-refractivity contribution in [2.45, 2.75) is 22.3 Å². The van der Waals surface area contributed by atoms with E-state index < -0.39 is 22.0 Å². The van der Waals surface area contributed by atoms with Crippen LogP contribution in [-0.4, -0.2) is 42.9 Å².